The number of hydrogen-bond donors (Lipinski definition) is 1. The lowest BCUT2D eigenvalue weighted by atomic mass is 10.0. The smallest absolute Gasteiger partial charge is 0.257 e. The van der Waals surface area contributed by atoms with Crippen LogP contribution in [0.15, 0.2) is 72.9 Å². The Morgan fingerprint density at radius 2 is 1.77 bits per heavy atom. The van der Waals surface area contributed by atoms with Gasteiger partial charge in [-0.25, -0.2) is 23.3 Å². The Morgan fingerprint density at radius 3 is 2.60 bits per heavy atom. The number of anilines is 2. The Morgan fingerprint density at radius 1 is 0.906 bits per heavy atom. The average molecular weight is 718 g/mol. The lowest BCUT2D eigenvalue weighted by molar-refractivity contribution is 0.0671. The van der Waals surface area contributed by atoms with Crippen LogP contribution in [0.4, 0.5) is 20.4 Å². The van der Waals surface area contributed by atoms with Crippen molar-refractivity contribution in [2.24, 2.45) is 0 Å². The second kappa shape index (κ2) is 14.1. The molecule has 0 saturated carbocycles. The van der Waals surface area contributed by atoms with Crippen molar-refractivity contribution in [2.75, 3.05) is 49.6 Å². The highest BCUT2D eigenvalue weighted by Gasteiger charge is 2.36. The van der Waals surface area contributed by atoms with Crippen LogP contribution < -0.4 is 15.1 Å². The standard InChI is InChI=1S/C41H45F2N9O/c1-48(25-27-20-29-26-51(32-8-4-16-44-23-32)41(53)40(29)33(43)21-27)31-14-18-49(19-15-31)38-11-3-9-34(46-38)36-24-45-37-12-13-39(47-52(36)37)50-17-5-10-35(50)28-6-2-7-30(42)22-28/h2-3,6-7,9,11-13,20-22,24,31-32,35,44H,4-5,8,10,14-19,23,25-26H2,1H3/t32?,35-/m1/s1. The largest absolute Gasteiger partial charge is 0.356 e. The molecule has 2 aromatic carbocycles. The summed E-state index contributed by atoms with van der Waals surface area (Å²) in [6, 6.07) is 21.1. The number of nitrogens with one attached hydrogen (secondary N) is 1. The molecule has 4 aliphatic heterocycles. The Bertz CT molecular complexity index is 2140. The average Bonchev–Trinajstić information content (AvgIpc) is 3.93. The van der Waals surface area contributed by atoms with Gasteiger partial charge in [0.25, 0.3) is 5.91 Å². The monoisotopic (exact) mass is 717 g/mol. The summed E-state index contributed by atoms with van der Waals surface area (Å²) in [5.41, 5.74) is 5.32. The van der Waals surface area contributed by atoms with E-state index < -0.39 is 5.82 Å². The number of benzene rings is 2. The molecule has 0 radical (unpaired) electrons. The van der Waals surface area contributed by atoms with Crippen molar-refractivity contribution in [1.82, 2.24) is 34.7 Å². The molecule has 1 unspecified atom stereocenters. The van der Waals surface area contributed by atoms with Gasteiger partial charge >= 0.3 is 0 Å². The van der Waals surface area contributed by atoms with Crippen molar-refractivity contribution >= 4 is 23.2 Å². The van der Waals surface area contributed by atoms with E-state index in [4.69, 9.17) is 10.1 Å². The lowest BCUT2D eigenvalue weighted by Gasteiger charge is -2.37. The van der Waals surface area contributed by atoms with Crippen LogP contribution in [0, 0.1) is 11.6 Å². The van der Waals surface area contributed by atoms with Gasteiger partial charge in [-0.1, -0.05) is 24.3 Å². The molecule has 2 atom stereocenters. The number of imidazole rings is 1. The number of piperidine rings is 2. The normalized spacial score (nSPS) is 21.0. The van der Waals surface area contributed by atoms with E-state index in [1.54, 1.807) is 18.2 Å². The molecule has 4 aliphatic rings. The number of nitrogens with zero attached hydrogens (tertiary/aromatic N) is 8. The molecule has 274 valence electrons. The first-order valence-electron chi connectivity index (χ1n) is 19.0. The molecule has 9 rings (SSSR count). The first kappa shape index (κ1) is 33.9. The van der Waals surface area contributed by atoms with Crippen LogP contribution in [0.1, 0.15) is 71.6 Å². The van der Waals surface area contributed by atoms with Crippen molar-refractivity contribution in [3.05, 3.63) is 107 Å². The van der Waals surface area contributed by atoms with Crippen LogP contribution in [0.5, 0.6) is 0 Å². The zero-order valence-corrected chi connectivity index (χ0v) is 30.1. The van der Waals surface area contributed by atoms with Crippen molar-refractivity contribution in [3.63, 3.8) is 0 Å². The van der Waals surface area contributed by atoms with Gasteiger partial charge in [-0.3, -0.25) is 9.69 Å². The molecule has 53 heavy (non-hydrogen) atoms. The maximum Gasteiger partial charge on any atom is 0.257 e. The number of halogens is 2. The van der Waals surface area contributed by atoms with Gasteiger partial charge in [0.15, 0.2) is 5.65 Å². The minimum Gasteiger partial charge on any atom is -0.356 e. The third kappa shape index (κ3) is 6.52. The summed E-state index contributed by atoms with van der Waals surface area (Å²) in [6.45, 7) is 5.43. The number of hydrogen-bond acceptors (Lipinski definition) is 8. The summed E-state index contributed by atoms with van der Waals surface area (Å²) in [5.74, 6) is 0.965. The molecule has 0 aliphatic carbocycles. The SMILES string of the molecule is CN(Cc1cc(F)c2c(c1)CN(C1CCCNC1)C2=O)C1CCN(c2cccc(-c3cnc4ccc(N5CCC[C@@H]5c5cccc(F)c5)nn34)n2)CC1. The van der Waals surface area contributed by atoms with Crippen molar-refractivity contribution < 1.29 is 13.6 Å². The molecule has 3 aromatic heterocycles. The second-order valence-corrected chi connectivity index (χ2v) is 15.1. The molecule has 0 bridgehead atoms. The lowest BCUT2D eigenvalue weighted by Crippen LogP contribution is -2.46. The molecule has 5 aromatic rings. The molecule has 1 N–H and O–H groups in total. The van der Waals surface area contributed by atoms with Crippen molar-refractivity contribution in [1.29, 1.82) is 0 Å². The number of rotatable bonds is 8. The van der Waals surface area contributed by atoms with Crippen LogP contribution in [0.2, 0.25) is 0 Å². The Kier molecular flexibility index (Phi) is 9.03. The van der Waals surface area contributed by atoms with E-state index in [9.17, 15) is 9.18 Å². The van der Waals surface area contributed by atoms with E-state index in [2.05, 4.69) is 38.1 Å². The summed E-state index contributed by atoms with van der Waals surface area (Å²) in [4.78, 5) is 31.6. The molecule has 0 spiro atoms. The van der Waals surface area contributed by atoms with Crippen molar-refractivity contribution in [3.8, 4) is 11.4 Å². The van der Waals surface area contributed by atoms with Crippen LogP contribution in [0.3, 0.4) is 0 Å². The molecule has 12 heteroatoms. The van der Waals surface area contributed by atoms with Gasteiger partial charge in [0.1, 0.15) is 29.0 Å². The molecule has 3 fully saturated rings. The second-order valence-electron chi connectivity index (χ2n) is 15.1. The highest BCUT2D eigenvalue weighted by molar-refractivity contribution is 5.99. The number of pyridine rings is 1. The fourth-order valence-electron chi connectivity index (χ4n) is 8.96. The van der Waals surface area contributed by atoms with E-state index in [0.29, 0.717) is 19.1 Å². The highest BCUT2D eigenvalue weighted by atomic mass is 19.1. The zero-order valence-electron chi connectivity index (χ0n) is 30.1. The van der Waals surface area contributed by atoms with E-state index >= 15 is 4.39 Å². The maximum atomic E-state index is 15.4. The van der Waals surface area contributed by atoms with Gasteiger partial charge < -0.3 is 20.0 Å². The maximum absolute atomic E-state index is 15.4. The number of amides is 1. The number of fused-ring (bicyclic) bond motifs is 2. The first-order chi connectivity index (χ1) is 25.9. The quantitative estimate of drug-likeness (QED) is 0.203. The predicted octanol–water partition coefficient (Wildman–Crippen LogP) is 6.22. The van der Waals surface area contributed by atoms with E-state index in [-0.39, 0.29) is 29.4 Å². The van der Waals surface area contributed by atoms with Gasteiger partial charge in [0, 0.05) is 51.4 Å². The molecule has 10 nitrogen and oxygen atoms in total. The predicted molar refractivity (Wildman–Crippen MR) is 201 cm³/mol. The van der Waals surface area contributed by atoms with Crippen LogP contribution in [-0.4, -0.2) is 87.1 Å². The fourth-order valence-corrected chi connectivity index (χ4v) is 8.96. The summed E-state index contributed by atoms with van der Waals surface area (Å²) in [6.07, 6.45) is 7.70. The Labute approximate surface area is 308 Å². The summed E-state index contributed by atoms with van der Waals surface area (Å²) in [7, 11) is 2.12. The van der Waals surface area contributed by atoms with Gasteiger partial charge in [0.05, 0.1) is 23.5 Å². The topological polar surface area (TPSA) is 85.1 Å². The molecular formula is C41H45F2N9O. The number of carbonyl (C=O) groups excluding carboxylic acids is 1. The van der Waals surface area contributed by atoms with Crippen LogP contribution >= 0.6 is 0 Å². The first-order valence-corrected chi connectivity index (χ1v) is 19.0. The Balaban J connectivity index is 0.862. The van der Waals surface area contributed by atoms with E-state index in [0.717, 1.165) is 117 Å². The summed E-state index contributed by atoms with van der Waals surface area (Å²) in [5, 5.41) is 8.41. The van der Waals surface area contributed by atoms with Gasteiger partial charge in [-0.2, -0.15) is 0 Å². The zero-order chi connectivity index (χ0) is 36.1. The highest BCUT2D eigenvalue weighted by Crippen LogP contribution is 2.36. The van der Waals surface area contributed by atoms with Crippen molar-refractivity contribution in [2.45, 2.75) is 69.7 Å². The van der Waals surface area contributed by atoms with E-state index in [1.807, 2.05) is 52.0 Å². The summed E-state index contributed by atoms with van der Waals surface area (Å²) >= 11 is 0. The third-order valence-electron chi connectivity index (χ3n) is 11.7. The van der Waals surface area contributed by atoms with Gasteiger partial charge in [-0.05, 0) is 111 Å². The molecule has 3 saturated heterocycles. The number of carbonyl (C=O) groups is 1. The fraction of sp³-hybridized carbons (Fsp3) is 0.415. The van der Waals surface area contributed by atoms with Crippen LogP contribution in [0.25, 0.3) is 17.0 Å². The minimum atomic E-state index is -0.399. The van der Waals surface area contributed by atoms with Gasteiger partial charge in [0.2, 0.25) is 0 Å². The van der Waals surface area contributed by atoms with Gasteiger partial charge in [-0.15, -0.1) is 5.10 Å². The summed E-state index contributed by atoms with van der Waals surface area (Å²) < 4.78 is 31.3. The minimum absolute atomic E-state index is 0.0705. The third-order valence-corrected chi connectivity index (χ3v) is 11.7. The molecule has 7 heterocycles. The molecular weight excluding hydrogens is 673 g/mol. The van der Waals surface area contributed by atoms with E-state index in [1.165, 1.54) is 6.07 Å². The molecule has 1 amide bonds. The Hall–Kier alpha value is -4.94. The van der Waals surface area contributed by atoms with Crippen LogP contribution in [-0.2, 0) is 13.1 Å². The number of aromatic nitrogens is 4.